The zero-order valence-corrected chi connectivity index (χ0v) is 15.9. The quantitative estimate of drug-likeness (QED) is 0.520. The van der Waals surface area contributed by atoms with E-state index in [1.807, 2.05) is 13.8 Å². The van der Waals surface area contributed by atoms with Crippen molar-refractivity contribution in [2.45, 2.75) is 24.8 Å². The van der Waals surface area contributed by atoms with Gasteiger partial charge in [0.2, 0.25) is 5.13 Å². The number of carbonyl (C=O) groups excluding carboxylic acids is 1. The number of benzene rings is 1. The van der Waals surface area contributed by atoms with Crippen molar-refractivity contribution in [3.8, 4) is 0 Å². The molecule has 25 heavy (non-hydrogen) atoms. The van der Waals surface area contributed by atoms with Crippen molar-refractivity contribution < 1.29 is 4.79 Å². The van der Waals surface area contributed by atoms with E-state index in [0.717, 1.165) is 10.6 Å². The largest absolute Gasteiger partial charge is 0.295 e. The highest BCUT2D eigenvalue weighted by Crippen LogP contribution is 2.23. The fourth-order valence-electron chi connectivity index (χ4n) is 1.92. The standard InChI is InChI=1S/C16H14ClN5OS2/c1-9-3-5-11(6-4-9)8-24-15-18-7-12(17)13(19-15)14(23)20-16-22-21-10(2)25-16/h3-7H,8H2,1-2H3,(H,20,22,23). The summed E-state index contributed by atoms with van der Waals surface area (Å²) in [6.07, 6.45) is 1.44. The van der Waals surface area contributed by atoms with Crippen molar-refractivity contribution in [1.29, 1.82) is 0 Å². The molecule has 3 aromatic rings. The highest BCUT2D eigenvalue weighted by atomic mass is 35.5. The van der Waals surface area contributed by atoms with Crippen molar-refractivity contribution in [1.82, 2.24) is 20.2 Å². The number of rotatable bonds is 5. The van der Waals surface area contributed by atoms with Crippen LogP contribution in [0.4, 0.5) is 5.13 Å². The van der Waals surface area contributed by atoms with Crippen LogP contribution in [0.5, 0.6) is 0 Å². The van der Waals surface area contributed by atoms with Gasteiger partial charge in [-0.3, -0.25) is 10.1 Å². The van der Waals surface area contributed by atoms with Gasteiger partial charge in [-0.05, 0) is 19.4 Å². The van der Waals surface area contributed by atoms with Gasteiger partial charge in [0.25, 0.3) is 5.91 Å². The molecule has 6 nitrogen and oxygen atoms in total. The van der Waals surface area contributed by atoms with Crippen LogP contribution in [0, 0.1) is 13.8 Å². The van der Waals surface area contributed by atoms with Crippen LogP contribution in [0.1, 0.15) is 26.6 Å². The van der Waals surface area contributed by atoms with Crippen LogP contribution in [0.15, 0.2) is 35.6 Å². The molecular weight excluding hydrogens is 378 g/mol. The van der Waals surface area contributed by atoms with Crippen molar-refractivity contribution in [3.05, 3.63) is 57.3 Å². The minimum absolute atomic E-state index is 0.121. The molecule has 2 aromatic heterocycles. The number of carbonyl (C=O) groups is 1. The number of hydrogen-bond donors (Lipinski definition) is 1. The van der Waals surface area contributed by atoms with Gasteiger partial charge in [-0.2, -0.15) is 0 Å². The van der Waals surface area contributed by atoms with E-state index in [9.17, 15) is 4.79 Å². The third-order valence-electron chi connectivity index (χ3n) is 3.17. The number of amides is 1. The predicted octanol–water partition coefficient (Wildman–Crippen LogP) is 4.14. The number of nitrogens with zero attached hydrogens (tertiary/aromatic N) is 4. The second-order valence-corrected chi connectivity index (χ2v) is 7.74. The summed E-state index contributed by atoms with van der Waals surface area (Å²) in [5, 5.41) is 12.2. The van der Waals surface area contributed by atoms with E-state index in [1.54, 1.807) is 0 Å². The van der Waals surface area contributed by atoms with Crippen LogP contribution < -0.4 is 5.32 Å². The minimum atomic E-state index is -0.430. The van der Waals surface area contributed by atoms with Crippen molar-refractivity contribution in [2.75, 3.05) is 5.32 Å². The normalized spacial score (nSPS) is 10.7. The van der Waals surface area contributed by atoms with Gasteiger partial charge in [-0.1, -0.05) is 64.5 Å². The highest BCUT2D eigenvalue weighted by Gasteiger charge is 2.16. The monoisotopic (exact) mass is 391 g/mol. The summed E-state index contributed by atoms with van der Waals surface area (Å²) < 4.78 is 0. The first-order valence-corrected chi connectivity index (χ1v) is 9.51. The van der Waals surface area contributed by atoms with Crippen molar-refractivity contribution in [3.63, 3.8) is 0 Å². The molecule has 1 amide bonds. The second kappa shape index (κ2) is 7.90. The number of thioether (sulfide) groups is 1. The molecule has 0 bridgehead atoms. The van der Waals surface area contributed by atoms with Gasteiger partial charge in [0.05, 0.1) is 11.2 Å². The first-order chi connectivity index (χ1) is 12.0. The second-order valence-electron chi connectivity index (χ2n) is 5.20. The highest BCUT2D eigenvalue weighted by molar-refractivity contribution is 7.98. The zero-order chi connectivity index (χ0) is 17.8. The Balaban J connectivity index is 1.71. The van der Waals surface area contributed by atoms with E-state index in [-0.39, 0.29) is 10.7 Å². The Morgan fingerprint density at radius 3 is 2.68 bits per heavy atom. The van der Waals surface area contributed by atoms with Gasteiger partial charge in [-0.15, -0.1) is 10.2 Å². The maximum absolute atomic E-state index is 12.4. The smallest absolute Gasteiger partial charge is 0.277 e. The lowest BCUT2D eigenvalue weighted by molar-refractivity contribution is 0.102. The Hall–Kier alpha value is -2.03. The maximum Gasteiger partial charge on any atom is 0.277 e. The lowest BCUT2D eigenvalue weighted by atomic mass is 10.2. The minimum Gasteiger partial charge on any atom is -0.295 e. The van der Waals surface area contributed by atoms with Gasteiger partial charge in [-0.25, -0.2) is 9.97 Å². The van der Waals surface area contributed by atoms with E-state index in [0.29, 0.717) is 16.0 Å². The Morgan fingerprint density at radius 1 is 1.24 bits per heavy atom. The first-order valence-electron chi connectivity index (χ1n) is 7.33. The van der Waals surface area contributed by atoms with Gasteiger partial charge in [0.15, 0.2) is 10.9 Å². The summed E-state index contributed by atoms with van der Waals surface area (Å²) in [5.74, 6) is 0.277. The number of nitrogens with one attached hydrogen (secondary N) is 1. The van der Waals surface area contributed by atoms with Gasteiger partial charge in [0, 0.05) is 5.75 Å². The molecule has 0 aliphatic rings. The van der Waals surface area contributed by atoms with Crippen LogP contribution in [0.25, 0.3) is 0 Å². The molecule has 3 rings (SSSR count). The molecule has 2 heterocycles. The van der Waals surface area contributed by atoms with E-state index in [2.05, 4.69) is 49.7 Å². The molecule has 0 unspecified atom stereocenters. The maximum atomic E-state index is 12.4. The van der Waals surface area contributed by atoms with E-state index >= 15 is 0 Å². The number of aryl methyl sites for hydroxylation is 2. The average molecular weight is 392 g/mol. The lowest BCUT2D eigenvalue weighted by Gasteiger charge is -2.06. The Labute approximate surface area is 158 Å². The van der Waals surface area contributed by atoms with Gasteiger partial charge in [0.1, 0.15) is 5.01 Å². The van der Waals surface area contributed by atoms with Crippen LogP contribution in [0.3, 0.4) is 0 Å². The van der Waals surface area contributed by atoms with E-state index < -0.39 is 5.91 Å². The Bertz CT molecular complexity index is 898. The molecule has 0 atom stereocenters. The molecule has 0 radical (unpaired) electrons. The Kier molecular flexibility index (Phi) is 5.62. The fraction of sp³-hybridized carbons (Fsp3) is 0.188. The molecule has 128 valence electrons. The van der Waals surface area contributed by atoms with Crippen LogP contribution in [0.2, 0.25) is 5.02 Å². The molecule has 0 aliphatic carbocycles. The van der Waals surface area contributed by atoms with E-state index in [1.165, 1.54) is 34.9 Å². The van der Waals surface area contributed by atoms with Crippen LogP contribution in [-0.4, -0.2) is 26.1 Å². The molecule has 0 spiro atoms. The summed E-state index contributed by atoms with van der Waals surface area (Å²) >= 11 is 8.80. The molecule has 9 heteroatoms. The summed E-state index contributed by atoms with van der Waals surface area (Å²) in [7, 11) is 0. The molecule has 0 aliphatic heterocycles. The number of anilines is 1. The molecule has 1 aromatic carbocycles. The van der Waals surface area contributed by atoms with Gasteiger partial charge < -0.3 is 0 Å². The summed E-state index contributed by atoms with van der Waals surface area (Å²) in [5.41, 5.74) is 2.49. The summed E-state index contributed by atoms with van der Waals surface area (Å²) in [6, 6.07) is 8.23. The van der Waals surface area contributed by atoms with Crippen LogP contribution in [-0.2, 0) is 5.75 Å². The predicted molar refractivity (Wildman–Crippen MR) is 100 cm³/mol. The zero-order valence-electron chi connectivity index (χ0n) is 13.5. The fourth-order valence-corrected chi connectivity index (χ4v) is 3.45. The molecule has 1 N–H and O–H groups in total. The third kappa shape index (κ3) is 4.75. The third-order valence-corrected chi connectivity index (χ3v) is 5.14. The summed E-state index contributed by atoms with van der Waals surface area (Å²) in [4.78, 5) is 20.8. The van der Waals surface area contributed by atoms with Crippen LogP contribution >= 0.6 is 34.7 Å². The van der Waals surface area contributed by atoms with Crippen molar-refractivity contribution >= 4 is 45.7 Å². The molecule has 0 saturated carbocycles. The lowest BCUT2D eigenvalue weighted by Crippen LogP contribution is -2.15. The van der Waals surface area contributed by atoms with E-state index in [4.69, 9.17) is 11.6 Å². The molecule has 0 fully saturated rings. The van der Waals surface area contributed by atoms with Crippen molar-refractivity contribution in [2.24, 2.45) is 0 Å². The van der Waals surface area contributed by atoms with Gasteiger partial charge >= 0.3 is 0 Å². The molecular formula is C16H14ClN5OS2. The summed E-state index contributed by atoms with van der Waals surface area (Å²) in [6.45, 7) is 3.86. The number of aromatic nitrogens is 4. The first kappa shape index (κ1) is 17.8. The Morgan fingerprint density at radius 2 is 2.00 bits per heavy atom. The number of halogens is 1. The SMILES string of the molecule is Cc1ccc(CSc2ncc(Cl)c(C(=O)Nc3nnc(C)s3)n2)cc1. The number of hydrogen-bond acceptors (Lipinski definition) is 7. The molecule has 0 saturated heterocycles. The topological polar surface area (TPSA) is 80.7 Å². The average Bonchev–Trinajstić information content (AvgIpc) is 3.00.